The number of carbonyl (C=O) groups excluding carboxylic acids is 1. The third-order valence-corrected chi connectivity index (χ3v) is 5.27. The lowest BCUT2D eigenvalue weighted by atomic mass is 10.3. The molecule has 0 atom stereocenters. The van der Waals surface area contributed by atoms with Crippen LogP contribution in [-0.4, -0.2) is 36.8 Å². The molecule has 0 bridgehead atoms. The van der Waals surface area contributed by atoms with Gasteiger partial charge in [0.25, 0.3) is 5.91 Å². The maximum Gasteiger partial charge on any atom is 0.271 e. The average molecular weight is 423 g/mol. The summed E-state index contributed by atoms with van der Waals surface area (Å²) in [6, 6.07) is 13.4. The van der Waals surface area contributed by atoms with Crippen LogP contribution in [0.15, 0.2) is 42.5 Å². The lowest BCUT2D eigenvalue weighted by molar-refractivity contribution is 0.0948. The van der Waals surface area contributed by atoms with Crippen LogP contribution in [0, 0.1) is 20.8 Å². The molecule has 3 heterocycles. The highest BCUT2D eigenvalue weighted by Crippen LogP contribution is 2.18. The fourth-order valence-electron chi connectivity index (χ4n) is 3.57. The molecule has 1 N–H and O–H groups in total. The summed E-state index contributed by atoms with van der Waals surface area (Å²) in [6.07, 6.45) is 0.766. The second-order valence-corrected chi connectivity index (χ2v) is 7.65. The van der Waals surface area contributed by atoms with E-state index in [0.717, 1.165) is 41.2 Å². The number of amides is 1. The number of halogens is 1. The molecule has 0 radical (unpaired) electrons. The topological polar surface area (TPSA) is 77.6 Å². The van der Waals surface area contributed by atoms with Crippen molar-refractivity contribution in [1.82, 2.24) is 29.6 Å². The van der Waals surface area contributed by atoms with E-state index in [4.69, 9.17) is 11.6 Å². The molecule has 154 valence electrons. The van der Waals surface area contributed by atoms with Crippen molar-refractivity contribution >= 4 is 28.5 Å². The predicted molar refractivity (Wildman–Crippen MR) is 117 cm³/mol. The first kappa shape index (κ1) is 20.1. The molecule has 0 saturated heterocycles. The largest absolute Gasteiger partial charge is 0.351 e. The number of imidazole rings is 1. The molecule has 4 rings (SSSR count). The zero-order chi connectivity index (χ0) is 21.3. The molecule has 30 heavy (non-hydrogen) atoms. The van der Waals surface area contributed by atoms with E-state index >= 15 is 0 Å². The van der Waals surface area contributed by atoms with Crippen LogP contribution >= 0.6 is 11.6 Å². The lowest BCUT2D eigenvalue weighted by Gasteiger charge is -2.10. The average Bonchev–Trinajstić information content (AvgIpc) is 3.23. The number of fused-ring (bicyclic) bond motifs is 1. The first-order chi connectivity index (χ1) is 14.4. The van der Waals surface area contributed by atoms with Gasteiger partial charge in [-0.05, 0) is 57.5 Å². The Morgan fingerprint density at radius 1 is 1.10 bits per heavy atom. The number of pyridine rings is 1. The predicted octanol–water partition coefficient (Wildman–Crippen LogP) is 4.02. The van der Waals surface area contributed by atoms with Crippen molar-refractivity contribution in [3.63, 3.8) is 0 Å². The van der Waals surface area contributed by atoms with E-state index in [1.807, 2.05) is 45.0 Å². The summed E-state index contributed by atoms with van der Waals surface area (Å²) in [5.74, 6) is 1.23. The second kappa shape index (κ2) is 8.28. The number of nitrogens with one attached hydrogen (secondary N) is 1. The fourth-order valence-corrected chi connectivity index (χ4v) is 3.76. The molecule has 0 saturated carbocycles. The maximum absolute atomic E-state index is 12.7. The molecular formula is C22H23ClN6O. The number of aromatic nitrogens is 5. The van der Waals surface area contributed by atoms with Crippen LogP contribution in [0.2, 0.25) is 5.02 Å². The summed E-state index contributed by atoms with van der Waals surface area (Å²) in [5.41, 5.74) is 4.11. The van der Waals surface area contributed by atoms with E-state index in [0.29, 0.717) is 17.4 Å². The fraction of sp³-hybridized carbons (Fsp3) is 0.273. The van der Waals surface area contributed by atoms with Crippen LogP contribution in [0.1, 0.15) is 34.1 Å². The van der Waals surface area contributed by atoms with Gasteiger partial charge in [-0.25, -0.2) is 14.6 Å². The van der Waals surface area contributed by atoms with Gasteiger partial charge < -0.3 is 9.88 Å². The van der Waals surface area contributed by atoms with Gasteiger partial charge >= 0.3 is 0 Å². The third kappa shape index (κ3) is 3.93. The molecule has 0 spiro atoms. The van der Waals surface area contributed by atoms with Crippen molar-refractivity contribution in [1.29, 1.82) is 0 Å². The summed E-state index contributed by atoms with van der Waals surface area (Å²) >= 11 is 6.24. The van der Waals surface area contributed by atoms with Crippen LogP contribution in [0.3, 0.4) is 0 Å². The summed E-state index contributed by atoms with van der Waals surface area (Å²) in [4.78, 5) is 21.7. The summed E-state index contributed by atoms with van der Waals surface area (Å²) in [7, 11) is 0. The Balaban J connectivity index is 1.42. The van der Waals surface area contributed by atoms with E-state index in [-0.39, 0.29) is 11.6 Å². The smallest absolute Gasteiger partial charge is 0.271 e. The van der Waals surface area contributed by atoms with Gasteiger partial charge in [0.05, 0.1) is 21.7 Å². The third-order valence-electron chi connectivity index (χ3n) is 4.96. The van der Waals surface area contributed by atoms with E-state index in [9.17, 15) is 4.79 Å². The highest BCUT2D eigenvalue weighted by molar-refractivity contribution is 6.33. The highest BCUT2D eigenvalue weighted by Gasteiger charge is 2.15. The molecule has 0 fully saturated rings. The second-order valence-electron chi connectivity index (χ2n) is 7.25. The minimum absolute atomic E-state index is 0.200. The molecule has 0 unspecified atom stereocenters. The molecule has 1 aromatic carbocycles. The molecular weight excluding hydrogens is 400 g/mol. The number of aryl methyl sites for hydroxylation is 4. The van der Waals surface area contributed by atoms with Gasteiger partial charge in [-0.2, -0.15) is 5.10 Å². The number of hydrogen-bond donors (Lipinski definition) is 1. The number of para-hydroxylation sites is 2. The Bertz CT molecular complexity index is 1230. The normalized spacial score (nSPS) is 11.2. The van der Waals surface area contributed by atoms with Gasteiger partial charge in [-0.15, -0.1) is 0 Å². The van der Waals surface area contributed by atoms with Crippen LogP contribution in [-0.2, 0) is 6.54 Å². The van der Waals surface area contributed by atoms with E-state index < -0.39 is 0 Å². The first-order valence-corrected chi connectivity index (χ1v) is 10.2. The first-order valence-electron chi connectivity index (χ1n) is 9.84. The molecule has 7 nitrogen and oxygen atoms in total. The number of benzene rings is 1. The lowest BCUT2D eigenvalue weighted by Crippen LogP contribution is -2.27. The molecule has 1 amide bonds. The Labute approximate surface area is 179 Å². The molecule has 8 heteroatoms. The van der Waals surface area contributed by atoms with Gasteiger partial charge in [-0.1, -0.05) is 23.7 Å². The molecule has 3 aromatic heterocycles. The molecule has 0 aliphatic carbocycles. The zero-order valence-corrected chi connectivity index (χ0v) is 17.9. The van der Waals surface area contributed by atoms with Gasteiger partial charge in [0.2, 0.25) is 0 Å². The summed E-state index contributed by atoms with van der Waals surface area (Å²) in [5, 5.41) is 7.65. The SMILES string of the molecule is Cc1cc(C)n(-c2ccc(Cl)c(C(=O)NCCCn3c(C)nc4ccccc43)n2)n1. The van der Waals surface area contributed by atoms with Gasteiger partial charge in [0.15, 0.2) is 5.82 Å². The number of nitrogens with zero attached hydrogens (tertiary/aromatic N) is 5. The highest BCUT2D eigenvalue weighted by atomic mass is 35.5. The van der Waals surface area contributed by atoms with Crippen LogP contribution in [0.5, 0.6) is 0 Å². The number of rotatable bonds is 6. The standard InChI is InChI=1S/C22H23ClN6O/c1-14-13-15(2)29(27-14)20-10-9-17(23)21(26-20)22(30)24-11-6-12-28-16(3)25-18-7-4-5-8-19(18)28/h4-5,7-10,13H,6,11-12H2,1-3H3,(H,24,30). The van der Waals surface area contributed by atoms with Gasteiger partial charge in [0, 0.05) is 18.8 Å². The number of carbonyl (C=O) groups is 1. The Morgan fingerprint density at radius 2 is 1.90 bits per heavy atom. The van der Waals surface area contributed by atoms with Crippen molar-refractivity contribution in [3.05, 3.63) is 70.4 Å². The number of hydrogen-bond acceptors (Lipinski definition) is 4. The van der Waals surface area contributed by atoms with Gasteiger partial charge in [0.1, 0.15) is 11.5 Å². The van der Waals surface area contributed by atoms with E-state index in [1.165, 1.54) is 0 Å². The van der Waals surface area contributed by atoms with E-state index in [2.05, 4.69) is 31.0 Å². The monoisotopic (exact) mass is 422 g/mol. The minimum Gasteiger partial charge on any atom is -0.351 e. The van der Waals surface area contributed by atoms with Crippen molar-refractivity contribution < 1.29 is 4.79 Å². The van der Waals surface area contributed by atoms with Crippen molar-refractivity contribution in [2.24, 2.45) is 0 Å². The summed E-state index contributed by atoms with van der Waals surface area (Å²) in [6.45, 7) is 7.12. The molecule has 0 aliphatic heterocycles. The molecule has 4 aromatic rings. The van der Waals surface area contributed by atoms with Crippen LogP contribution in [0.4, 0.5) is 0 Å². The van der Waals surface area contributed by atoms with Crippen molar-refractivity contribution in [2.45, 2.75) is 33.7 Å². The van der Waals surface area contributed by atoms with E-state index in [1.54, 1.807) is 16.8 Å². The zero-order valence-electron chi connectivity index (χ0n) is 17.2. The van der Waals surface area contributed by atoms with Crippen molar-refractivity contribution in [2.75, 3.05) is 6.54 Å². The molecule has 0 aliphatic rings. The Kier molecular flexibility index (Phi) is 5.55. The van der Waals surface area contributed by atoms with Crippen LogP contribution < -0.4 is 5.32 Å². The van der Waals surface area contributed by atoms with Crippen LogP contribution in [0.25, 0.3) is 16.9 Å². The minimum atomic E-state index is -0.296. The quantitative estimate of drug-likeness (QED) is 0.476. The van der Waals surface area contributed by atoms with Crippen molar-refractivity contribution in [3.8, 4) is 5.82 Å². The summed E-state index contributed by atoms with van der Waals surface area (Å²) < 4.78 is 3.87. The maximum atomic E-state index is 12.7. The Morgan fingerprint density at radius 3 is 2.67 bits per heavy atom. The Hall–Kier alpha value is -3.19. The van der Waals surface area contributed by atoms with Gasteiger partial charge in [-0.3, -0.25) is 4.79 Å².